The van der Waals surface area contributed by atoms with Gasteiger partial charge in [-0.1, -0.05) is 273 Å². The zero-order chi connectivity index (χ0) is 46.3. The fourth-order valence-electron chi connectivity index (χ4n) is 8.61. The van der Waals surface area contributed by atoms with E-state index in [9.17, 15) is 14.4 Å². The Hall–Kier alpha value is -1.59. The molecule has 0 saturated heterocycles. The SMILES string of the molecule is CCC(C)CCCCCCCCCCCCCCCCC(=O)OC[C@H](COC(=O)CCCCCCCCCCCCCCCCC(C)C)OC(=O)CCCCCCCCCC(C)C. The molecule has 0 fully saturated rings. The Morgan fingerprint density at radius 2 is 0.556 bits per heavy atom. The predicted octanol–water partition coefficient (Wildman–Crippen LogP) is 18.3. The van der Waals surface area contributed by atoms with Crippen molar-refractivity contribution in [1.29, 1.82) is 0 Å². The van der Waals surface area contributed by atoms with Gasteiger partial charge in [0.2, 0.25) is 0 Å². The first-order valence-corrected chi connectivity index (χ1v) is 28.1. The molecule has 0 spiro atoms. The van der Waals surface area contributed by atoms with Crippen molar-refractivity contribution in [2.45, 2.75) is 317 Å². The van der Waals surface area contributed by atoms with E-state index in [4.69, 9.17) is 14.2 Å². The summed E-state index contributed by atoms with van der Waals surface area (Å²) in [6.45, 7) is 13.7. The lowest BCUT2D eigenvalue weighted by atomic mass is 9.99. The number of hydrogen-bond donors (Lipinski definition) is 0. The number of unbranched alkanes of at least 4 members (excludes halogenated alkanes) is 32. The molecule has 0 N–H and O–H groups in total. The summed E-state index contributed by atoms with van der Waals surface area (Å²) in [7, 11) is 0. The highest BCUT2D eigenvalue weighted by Gasteiger charge is 2.19. The van der Waals surface area contributed by atoms with Crippen molar-refractivity contribution < 1.29 is 28.6 Å². The lowest BCUT2D eigenvalue weighted by molar-refractivity contribution is -0.167. The molecule has 0 aromatic heterocycles. The smallest absolute Gasteiger partial charge is 0.306 e. The fraction of sp³-hybridized carbons (Fsp3) is 0.947. The number of hydrogen-bond acceptors (Lipinski definition) is 6. The lowest BCUT2D eigenvalue weighted by Crippen LogP contribution is -2.30. The van der Waals surface area contributed by atoms with Gasteiger partial charge in [-0.3, -0.25) is 14.4 Å². The molecule has 6 nitrogen and oxygen atoms in total. The van der Waals surface area contributed by atoms with E-state index in [1.54, 1.807) is 0 Å². The summed E-state index contributed by atoms with van der Waals surface area (Å²) in [5, 5.41) is 0. The first kappa shape index (κ1) is 61.4. The van der Waals surface area contributed by atoms with Crippen molar-refractivity contribution >= 4 is 17.9 Å². The fourth-order valence-corrected chi connectivity index (χ4v) is 8.61. The normalized spacial score (nSPS) is 12.6. The van der Waals surface area contributed by atoms with Gasteiger partial charge in [0.05, 0.1) is 0 Å². The maximum atomic E-state index is 12.8. The Morgan fingerprint density at radius 3 is 0.825 bits per heavy atom. The molecule has 0 heterocycles. The van der Waals surface area contributed by atoms with Gasteiger partial charge in [-0.25, -0.2) is 0 Å². The average Bonchev–Trinajstić information content (AvgIpc) is 3.25. The molecule has 6 heteroatoms. The molecular formula is C57H110O6. The van der Waals surface area contributed by atoms with E-state index < -0.39 is 6.10 Å². The minimum Gasteiger partial charge on any atom is -0.462 e. The summed E-state index contributed by atoms with van der Waals surface area (Å²) in [4.78, 5) is 38.0. The molecule has 0 aliphatic carbocycles. The highest BCUT2D eigenvalue weighted by atomic mass is 16.6. The second-order valence-corrected chi connectivity index (χ2v) is 20.8. The van der Waals surface area contributed by atoms with Gasteiger partial charge in [-0.2, -0.15) is 0 Å². The topological polar surface area (TPSA) is 78.9 Å². The van der Waals surface area contributed by atoms with E-state index in [1.165, 1.54) is 193 Å². The number of carbonyl (C=O) groups is 3. The average molecular weight is 892 g/mol. The molecule has 0 aliphatic heterocycles. The maximum absolute atomic E-state index is 12.8. The first-order valence-electron chi connectivity index (χ1n) is 28.1. The number of carbonyl (C=O) groups excluding carboxylic acids is 3. The van der Waals surface area contributed by atoms with Gasteiger partial charge in [-0.05, 0) is 37.0 Å². The van der Waals surface area contributed by atoms with Crippen LogP contribution in [0.1, 0.15) is 311 Å². The van der Waals surface area contributed by atoms with Crippen LogP contribution in [-0.4, -0.2) is 37.2 Å². The third kappa shape index (κ3) is 49.7. The number of ether oxygens (including phenoxy) is 3. The maximum Gasteiger partial charge on any atom is 0.306 e. The summed E-state index contributed by atoms with van der Waals surface area (Å²) < 4.78 is 16.8. The van der Waals surface area contributed by atoms with Crippen LogP contribution in [0.15, 0.2) is 0 Å². The van der Waals surface area contributed by atoms with Crippen molar-refractivity contribution in [3.8, 4) is 0 Å². The molecule has 63 heavy (non-hydrogen) atoms. The Balaban J connectivity index is 4.23. The molecule has 0 rings (SSSR count). The van der Waals surface area contributed by atoms with E-state index >= 15 is 0 Å². The summed E-state index contributed by atoms with van der Waals surface area (Å²) in [6, 6.07) is 0. The summed E-state index contributed by atoms with van der Waals surface area (Å²) in [6.07, 6.45) is 49.5. The Bertz CT molecular complexity index is 978. The van der Waals surface area contributed by atoms with Gasteiger partial charge in [0.15, 0.2) is 6.10 Å². The van der Waals surface area contributed by atoms with E-state index in [0.29, 0.717) is 19.3 Å². The number of rotatable bonds is 50. The van der Waals surface area contributed by atoms with Crippen LogP contribution in [-0.2, 0) is 28.6 Å². The summed E-state index contributed by atoms with van der Waals surface area (Å²) in [5.41, 5.74) is 0. The van der Waals surface area contributed by atoms with Crippen LogP contribution in [0, 0.1) is 17.8 Å². The summed E-state index contributed by atoms with van der Waals surface area (Å²) >= 11 is 0. The zero-order valence-corrected chi connectivity index (χ0v) is 43.4. The quantitative estimate of drug-likeness (QED) is 0.0344. The molecule has 0 aromatic carbocycles. The Kier molecular flexibility index (Phi) is 47.1. The molecule has 0 saturated carbocycles. The van der Waals surface area contributed by atoms with E-state index in [-0.39, 0.29) is 31.1 Å². The van der Waals surface area contributed by atoms with Crippen LogP contribution >= 0.6 is 0 Å². The molecule has 0 amide bonds. The highest BCUT2D eigenvalue weighted by molar-refractivity contribution is 5.71. The molecule has 374 valence electrons. The monoisotopic (exact) mass is 891 g/mol. The number of esters is 3. The first-order chi connectivity index (χ1) is 30.6. The van der Waals surface area contributed by atoms with Crippen molar-refractivity contribution in [3.05, 3.63) is 0 Å². The molecule has 2 atom stereocenters. The largest absolute Gasteiger partial charge is 0.462 e. The van der Waals surface area contributed by atoms with Crippen LogP contribution in [0.2, 0.25) is 0 Å². The molecule has 0 radical (unpaired) electrons. The van der Waals surface area contributed by atoms with E-state index in [1.807, 2.05) is 0 Å². The van der Waals surface area contributed by atoms with Crippen molar-refractivity contribution in [2.75, 3.05) is 13.2 Å². The van der Waals surface area contributed by atoms with Gasteiger partial charge in [0, 0.05) is 19.3 Å². The van der Waals surface area contributed by atoms with Crippen LogP contribution < -0.4 is 0 Å². The highest BCUT2D eigenvalue weighted by Crippen LogP contribution is 2.19. The van der Waals surface area contributed by atoms with E-state index in [0.717, 1.165) is 75.5 Å². The summed E-state index contributed by atoms with van der Waals surface area (Å²) in [5.74, 6) is 1.67. The lowest BCUT2D eigenvalue weighted by Gasteiger charge is -2.18. The minimum absolute atomic E-state index is 0.0646. The van der Waals surface area contributed by atoms with Crippen LogP contribution in [0.25, 0.3) is 0 Å². The third-order valence-electron chi connectivity index (χ3n) is 13.3. The minimum atomic E-state index is -0.763. The van der Waals surface area contributed by atoms with Crippen LogP contribution in [0.5, 0.6) is 0 Å². The standard InChI is InChI=1S/C57H110O6/c1-7-53(6)45-39-33-27-21-17-13-9-11-15-19-23-29-35-41-47-56(59)62-50-54(63-57(60)48-42-36-30-24-26-32-38-44-52(4)5)49-61-55(58)46-40-34-28-22-18-14-10-8-12-16-20-25-31-37-43-51(2)3/h51-54H,7-50H2,1-6H3/t53?,54-/m0/s1. The second-order valence-electron chi connectivity index (χ2n) is 20.8. The van der Waals surface area contributed by atoms with Gasteiger partial charge < -0.3 is 14.2 Å². The molecule has 0 bridgehead atoms. The van der Waals surface area contributed by atoms with Gasteiger partial charge >= 0.3 is 17.9 Å². The van der Waals surface area contributed by atoms with Crippen molar-refractivity contribution in [2.24, 2.45) is 17.8 Å². The van der Waals surface area contributed by atoms with Crippen molar-refractivity contribution in [3.63, 3.8) is 0 Å². The second kappa shape index (κ2) is 48.3. The van der Waals surface area contributed by atoms with Gasteiger partial charge in [0.1, 0.15) is 13.2 Å². The van der Waals surface area contributed by atoms with Crippen molar-refractivity contribution in [1.82, 2.24) is 0 Å². The molecule has 1 unspecified atom stereocenters. The van der Waals surface area contributed by atoms with Crippen LogP contribution in [0.4, 0.5) is 0 Å². The zero-order valence-electron chi connectivity index (χ0n) is 43.4. The van der Waals surface area contributed by atoms with Crippen LogP contribution in [0.3, 0.4) is 0 Å². The van der Waals surface area contributed by atoms with Gasteiger partial charge in [0.25, 0.3) is 0 Å². The molecule has 0 aliphatic rings. The van der Waals surface area contributed by atoms with E-state index in [2.05, 4.69) is 41.5 Å². The Morgan fingerprint density at radius 1 is 0.317 bits per heavy atom. The molecule has 0 aromatic rings. The molecular weight excluding hydrogens is 781 g/mol. The predicted molar refractivity (Wildman–Crippen MR) is 270 cm³/mol. The third-order valence-corrected chi connectivity index (χ3v) is 13.3. The Labute approximate surface area is 393 Å². The van der Waals surface area contributed by atoms with Gasteiger partial charge in [-0.15, -0.1) is 0 Å².